The highest BCUT2D eigenvalue weighted by molar-refractivity contribution is 7.91. The topological polar surface area (TPSA) is 60.2 Å². The third kappa shape index (κ3) is 2.72. The highest BCUT2D eigenvalue weighted by atomic mass is 32.2. The Morgan fingerprint density at radius 1 is 1.20 bits per heavy atom. The fourth-order valence-electron chi connectivity index (χ4n) is 3.29. The third-order valence-electron chi connectivity index (χ3n) is 4.01. The van der Waals surface area contributed by atoms with Gasteiger partial charge in [0.1, 0.15) is 0 Å². The lowest BCUT2D eigenvalue weighted by molar-refractivity contribution is 0.360. The monoisotopic (exact) mass is 231 g/mol. The number of rotatable bonds is 5. The molecule has 0 radical (unpaired) electrons. The molecular formula is C11H21NO2S. The molecule has 2 fully saturated rings. The number of fused-ring (bicyclic) bond motifs is 2. The fourth-order valence-corrected chi connectivity index (χ4v) is 5.13. The van der Waals surface area contributed by atoms with Crippen LogP contribution in [0.2, 0.25) is 0 Å². The molecule has 2 rings (SSSR count). The number of nitrogens with two attached hydrogens (primary N) is 1. The quantitative estimate of drug-likeness (QED) is 0.773. The third-order valence-corrected chi connectivity index (χ3v) is 5.86. The average Bonchev–Trinajstić information content (AvgIpc) is 2.75. The van der Waals surface area contributed by atoms with Crippen LogP contribution in [-0.2, 0) is 9.84 Å². The summed E-state index contributed by atoms with van der Waals surface area (Å²) in [6.45, 7) is 0.482. The Balaban J connectivity index is 1.86. The summed E-state index contributed by atoms with van der Waals surface area (Å²) in [5.41, 5.74) is 5.34. The van der Waals surface area contributed by atoms with E-state index in [-0.39, 0.29) is 5.75 Å². The van der Waals surface area contributed by atoms with E-state index in [0.29, 0.717) is 30.6 Å². The van der Waals surface area contributed by atoms with E-state index in [1.807, 2.05) is 0 Å². The standard InChI is InChI=1S/C11H21NO2S/c12-4-1-5-15(13,14)8-11-7-9-2-3-10(11)6-9/h9-11H,1-8,12H2. The van der Waals surface area contributed by atoms with Gasteiger partial charge < -0.3 is 5.73 Å². The molecule has 0 aliphatic heterocycles. The summed E-state index contributed by atoms with van der Waals surface area (Å²) < 4.78 is 23.5. The minimum Gasteiger partial charge on any atom is -0.330 e. The lowest BCUT2D eigenvalue weighted by atomic mass is 9.90. The van der Waals surface area contributed by atoms with Gasteiger partial charge in [0.15, 0.2) is 9.84 Å². The second-order valence-corrected chi connectivity index (χ2v) is 7.42. The SMILES string of the molecule is NCCCS(=O)(=O)CC1CC2CCC1C2. The Morgan fingerprint density at radius 3 is 2.53 bits per heavy atom. The first kappa shape index (κ1) is 11.4. The molecule has 2 aliphatic rings. The van der Waals surface area contributed by atoms with E-state index < -0.39 is 9.84 Å². The molecule has 15 heavy (non-hydrogen) atoms. The maximum atomic E-state index is 11.8. The van der Waals surface area contributed by atoms with Gasteiger partial charge in [-0.2, -0.15) is 0 Å². The van der Waals surface area contributed by atoms with Crippen LogP contribution in [0.5, 0.6) is 0 Å². The summed E-state index contributed by atoms with van der Waals surface area (Å²) in [4.78, 5) is 0. The van der Waals surface area contributed by atoms with Crippen molar-refractivity contribution in [2.24, 2.45) is 23.5 Å². The van der Waals surface area contributed by atoms with Crippen LogP contribution >= 0.6 is 0 Å². The number of hydrogen-bond acceptors (Lipinski definition) is 3. The van der Waals surface area contributed by atoms with Crippen LogP contribution in [0.1, 0.15) is 32.1 Å². The molecule has 3 unspecified atom stereocenters. The van der Waals surface area contributed by atoms with Gasteiger partial charge in [-0.3, -0.25) is 0 Å². The molecule has 2 saturated carbocycles. The van der Waals surface area contributed by atoms with Crippen molar-refractivity contribution < 1.29 is 8.42 Å². The van der Waals surface area contributed by atoms with Crippen LogP contribution in [0.15, 0.2) is 0 Å². The fraction of sp³-hybridized carbons (Fsp3) is 1.00. The maximum absolute atomic E-state index is 11.8. The Hall–Kier alpha value is -0.0900. The zero-order chi connectivity index (χ0) is 10.9. The molecule has 0 amide bonds. The van der Waals surface area contributed by atoms with Gasteiger partial charge in [0.2, 0.25) is 0 Å². The minimum atomic E-state index is -2.83. The summed E-state index contributed by atoms with van der Waals surface area (Å²) in [7, 11) is -2.83. The van der Waals surface area contributed by atoms with Gasteiger partial charge in [0.05, 0.1) is 11.5 Å². The largest absolute Gasteiger partial charge is 0.330 e. The summed E-state index contributed by atoms with van der Waals surface area (Å²) in [6.07, 6.45) is 5.67. The smallest absolute Gasteiger partial charge is 0.150 e. The van der Waals surface area contributed by atoms with Crippen LogP contribution in [0, 0.1) is 17.8 Å². The van der Waals surface area contributed by atoms with Gasteiger partial charge in [-0.15, -0.1) is 0 Å². The molecule has 4 heteroatoms. The first-order valence-electron chi connectivity index (χ1n) is 6.01. The summed E-state index contributed by atoms with van der Waals surface area (Å²) in [5, 5.41) is 0. The zero-order valence-corrected chi connectivity index (χ0v) is 10.0. The van der Waals surface area contributed by atoms with E-state index >= 15 is 0 Å². The molecule has 0 saturated heterocycles. The average molecular weight is 231 g/mol. The van der Waals surface area contributed by atoms with E-state index in [1.54, 1.807) is 0 Å². The van der Waals surface area contributed by atoms with Crippen molar-refractivity contribution in [3.63, 3.8) is 0 Å². The van der Waals surface area contributed by atoms with Crippen LogP contribution in [-0.4, -0.2) is 26.5 Å². The molecule has 2 bridgehead atoms. The first-order valence-corrected chi connectivity index (χ1v) is 7.83. The summed E-state index contributed by atoms with van der Waals surface area (Å²) in [5.74, 6) is 2.73. The molecule has 0 aromatic rings. The lowest BCUT2D eigenvalue weighted by Crippen LogP contribution is -2.24. The van der Waals surface area contributed by atoms with Gasteiger partial charge in [-0.25, -0.2) is 8.42 Å². The molecule has 0 aromatic carbocycles. The molecular weight excluding hydrogens is 210 g/mol. The molecule has 0 heterocycles. The number of hydrogen-bond donors (Lipinski definition) is 1. The highest BCUT2D eigenvalue weighted by Gasteiger charge is 2.40. The molecule has 2 aliphatic carbocycles. The van der Waals surface area contributed by atoms with Gasteiger partial charge >= 0.3 is 0 Å². The van der Waals surface area contributed by atoms with Crippen molar-refractivity contribution in [3.8, 4) is 0 Å². The van der Waals surface area contributed by atoms with E-state index in [2.05, 4.69) is 0 Å². The molecule has 0 aromatic heterocycles. The van der Waals surface area contributed by atoms with Crippen molar-refractivity contribution in [1.82, 2.24) is 0 Å². The van der Waals surface area contributed by atoms with Crippen LogP contribution in [0.4, 0.5) is 0 Å². The van der Waals surface area contributed by atoms with Gasteiger partial charge in [0.25, 0.3) is 0 Å². The Morgan fingerprint density at radius 2 is 2.00 bits per heavy atom. The van der Waals surface area contributed by atoms with Gasteiger partial charge in [-0.1, -0.05) is 6.42 Å². The normalized spacial score (nSPS) is 34.9. The Kier molecular flexibility index (Phi) is 3.36. The molecule has 2 N–H and O–H groups in total. The van der Waals surface area contributed by atoms with Crippen molar-refractivity contribution in [2.45, 2.75) is 32.1 Å². The summed E-state index contributed by atoms with van der Waals surface area (Å²) in [6, 6.07) is 0. The molecule has 88 valence electrons. The molecule has 3 nitrogen and oxygen atoms in total. The van der Waals surface area contributed by atoms with E-state index in [9.17, 15) is 8.42 Å². The zero-order valence-electron chi connectivity index (χ0n) is 9.19. The van der Waals surface area contributed by atoms with Gasteiger partial charge in [0, 0.05) is 0 Å². The van der Waals surface area contributed by atoms with Crippen LogP contribution in [0.25, 0.3) is 0 Å². The minimum absolute atomic E-state index is 0.289. The Bertz CT molecular complexity index is 313. The molecule has 0 spiro atoms. The predicted octanol–water partition coefficient (Wildman–Crippen LogP) is 1.19. The van der Waals surface area contributed by atoms with Crippen LogP contribution in [0.3, 0.4) is 0 Å². The van der Waals surface area contributed by atoms with Crippen molar-refractivity contribution in [1.29, 1.82) is 0 Å². The number of sulfone groups is 1. The second kappa shape index (κ2) is 4.42. The maximum Gasteiger partial charge on any atom is 0.150 e. The summed E-state index contributed by atoms with van der Waals surface area (Å²) >= 11 is 0. The van der Waals surface area contributed by atoms with Crippen molar-refractivity contribution >= 4 is 9.84 Å². The predicted molar refractivity (Wildman–Crippen MR) is 61.3 cm³/mol. The molecule has 3 atom stereocenters. The van der Waals surface area contributed by atoms with Crippen molar-refractivity contribution in [2.75, 3.05) is 18.1 Å². The second-order valence-electron chi connectivity index (χ2n) is 5.19. The van der Waals surface area contributed by atoms with Gasteiger partial charge in [-0.05, 0) is 50.0 Å². The lowest BCUT2D eigenvalue weighted by Gasteiger charge is -2.21. The van der Waals surface area contributed by atoms with E-state index in [4.69, 9.17) is 5.73 Å². The van der Waals surface area contributed by atoms with Crippen LogP contribution < -0.4 is 5.73 Å². The van der Waals surface area contributed by atoms with E-state index in [0.717, 1.165) is 12.3 Å². The van der Waals surface area contributed by atoms with Crippen molar-refractivity contribution in [3.05, 3.63) is 0 Å². The highest BCUT2D eigenvalue weighted by Crippen LogP contribution is 2.48. The first-order chi connectivity index (χ1) is 7.11. The van der Waals surface area contributed by atoms with E-state index in [1.165, 1.54) is 19.3 Å². The Labute approximate surface area is 92.3 Å².